The highest BCUT2D eigenvalue weighted by Crippen LogP contribution is 2.47. The van der Waals surface area contributed by atoms with Crippen molar-refractivity contribution in [1.82, 2.24) is 0 Å². The summed E-state index contributed by atoms with van der Waals surface area (Å²) in [5.74, 6) is -2.41. The van der Waals surface area contributed by atoms with Gasteiger partial charge in [-0.2, -0.15) is 0 Å². The maximum atomic E-state index is 14.4. The fourth-order valence-corrected chi connectivity index (χ4v) is 11.7. The standard InChI is InChI=1S/C54H82O14/c1-12-14-18-38(55)24-41-35(8)62-45(26-43(41)59-10)66-50-36(9)63-46(27-44(50)60-11)65-48-31(4)16-15-17-37-29-61-51-47(56)34(7)23-42(54(37,51)58)52(57)64-40-25-39(20-19-32(48)5)67-53(28-40)22-21-33(6)49(68-53)30(3)13-2/h15-17,19,21-23,30-31,33,35-36,39-51,56,58H,12-14,18,20,24-29H2,1-11H3/b16-15+,32-19+,37-17+/t30-,31-,33-,35-,36-,39+,40-,41+,42-,43-,44-,45-,46-,47+,48-,49+,50-,51+,53+,54+/m0/s1. The summed E-state index contributed by atoms with van der Waals surface area (Å²) in [4.78, 5) is 27.2. The van der Waals surface area contributed by atoms with Crippen LogP contribution >= 0.6 is 0 Å². The number of fused-ring (bicyclic) bond motifs is 2. The van der Waals surface area contributed by atoms with Gasteiger partial charge >= 0.3 is 5.97 Å². The van der Waals surface area contributed by atoms with E-state index in [0.717, 1.165) is 24.8 Å². The minimum atomic E-state index is -1.84. The molecule has 6 aliphatic heterocycles. The molecule has 0 aromatic heterocycles. The van der Waals surface area contributed by atoms with Crippen LogP contribution in [0.4, 0.5) is 0 Å². The molecule has 0 saturated carbocycles. The van der Waals surface area contributed by atoms with Gasteiger partial charge in [0.05, 0.1) is 49.3 Å². The fraction of sp³-hybridized carbons (Fsp3) is 0.778. The van der Waals surface area contributed by atoms with Crippen LogP contribution in [0.1, 0.15) is 127 Å². The second kappa shape index (κ2) is 22.9. The lowest BCUT2D eigenvalue weighted by atomic mass is 9.71. The lowest BCUT2D eigenvalue weighted by Gasteiger charge is -2.48. The molecule has 7 aliphatic rings. The zero-order valence-corrected chi connectivity index (χ0v) is 42.5. The summed E-state index contributed by atoms with van der Waals surface area (Å²) in [6.07, 6.45) is 12.8. The Kier molecular flexibility index (Phi) is 17.9. The second-order valence-electron chi connectivity index (χ2n) is 21.0. The maximum Gasteiger partial charge on any atom is 0.316 e. The van der Waals surface area contributed by atoms with Gasteiger partial charge in [0.15, 0.2) is 18.4 Å². The zero-order valence-electron chi connectivity index (χ0n) is 42.5. The van der Waals surface area contributed by atoms with Gasteiger partial charge in [-0.05, 0) is 69.2 Å². The summed E-state index contributed by atoms with van der Waals surface area (Å²) >= 11 is 0. The monoisotopic (exact) mass is 955 g/mol. The number of hydrogen-bond acceptors (Lipinski definition) is 14. The summed E-state index contributed by atoms with van der Waals surface area (Å²) in [5.41, 5.74) is 0.135. The number of aliphatic hydroxyl groups excluding tert-OH is 1. The molecule has 0 aromatic rings. The molecule has 0 amide bonds. The molecule has 4 saturated heterocycles. The minimum absolute atomic E-state index is 0.0304. The van der Waals surface area contributed by atoms with Crippen LogP contribution in [0.5, 0.6) is 0 Å². The summed E-state index contributed by atoms with van der Waals surface area (Å²) in [7, 11) is 3.35. The van der Waals surface area contributed by atoms with E-state index in [-0.39, 0.29) is 66.6 Å². The van der Waals surface area contributed by atoms with Gasteiger partial charge in [0.1, 0.15) is 41.7 Å². The first kappa shape index (κ1) is 53.2. The van der Waals surface area contributed by atoms with E-state index in [2.05, 4.69) is 53.7 Å². The van der Waals surface area contributed by atoms with Crippen molar-refractivity contribution < 1.29 is 67.2 Å². The van der Waals surface area contributed by atoms with E-state index in [0.29, 0.717) is 56.1 Å². The van der Waals surface area contributed by atoms with Crippen LogP contribution in [0.2, 0.25) is 0 Å². The number of ketones is 1. The van der Waals surface area contributed by atoms with E-state index < -0.39 is 72.5 Å². The zero-order chi connectivity index (χ0) is 49.1. The molecule has 2 bridgehead atoms. The number of aliphatic hydroxyl groups is 2. The highest BCUT2D eigenvalue weighted by molar-refractivity contribution is 5.79. The molecule has 14 heteroatoms. The molecular formula is C54H82O14. The number of hydrogen-bond donors (Lipinski definition) is 2. The Bertz CT molecular complexity index is 1890. The van der Waals surface area contributed by atoms with E-state index in [1.165, 1.54) is 0 Å². The number of carbonyl (C=O) groups excluding carboxylic acids is 2. The Balaban J connectivity index is 1.13. The number of allylic oxidation sites excluding steroid dienone is 2. The average Bonchev–Trinajstić information content (AvgIpc) is 3.65. The molecule has 1 aliphatic carbocycles. The van der Waals surface area contributed by atoms with Crippen LogP contribution in [0.15, 0.2) is 59.3 Å². The number of rotatable bonds is 13. The summed E-state index contributed by atoms with van der Waals surface area (Å²) in [6.45, 7) is 18.4. The largest absolute Gasteiger partial charge is 0.462 e. The van der Waals surface area contributed by atoms with Gasteiger partial charge in [-0.15, -0.1) is 0 Å². The van der Waals surface area contributed by atoms with Gasteiger partial charge in [-0.25, -0.2) is 0 Å². The van der Waals surface area contributed by atoms with E-state index in [4.69, 9.17) is 47.4 Å². The number of esters is 1. The Morgan fingerprint density at radius 2 is 1.63 bits per heavy atom. The van der Waals surface area contributed by atoms with Gasteiger partial charge in [0, 0.05) is 70.5 Å². The third kappa shape index (κ3) is 11.5. The van der Waals surface area contributed by atoms with E-state index in [9.17, 15) is 19.8 Å². The predicted octanol–water partition coefficient (Wildman–Crippen LogP) is 7.78. The van der Waals surface area contributed by atoms with E-state index in [1.807, 2.05) is 32.1 Å². The molecule has 7 rings (SSSR count). The first-order valence-corrected chi connectivity index (χ1v) is 25.6. The summed E-state index contributed by atoms with van der Waals surface area (Å²) < 4.78 is 65.0. The molecule has 14 nitrogen and oxygen atoms in total. The first-order valence-electron chi connectivity index (χ1n) is 25.6. The molecule has 382 valence electrons. The van der Waals surface area contributed by atoms with Gasteiger partial charge in [0.2, 0.25) is 0 Å². The van der Waals surface area contributed by atoms with Crippen molar-refractivity contribution >= 4 is 11.8 Å². The average molecular weight is 955 g/mol. The molecule has 1 spiro atoms. The van der Waals surface area contributed by atoms with Crippen molar-refractivity contribution in [1.29, 1.82) is 0 Å². The van der Waals surface area contributed by atoms with Gasteiger partial charge < -0.3 is 57.6 Å². The SMILES string of the molecule is CCCCC(=O)C[C@@H]1[C@H](C)O[C@@H](O[C@H]2[C@H](C)O[C@@H](O[C@@H]3/C(C)=C/C[C@@H]4C[C@@H](C[C@]5(C=C[C@H](C)[C@@H]([C@@H](C)CC)O5)O4)OC(=O)[C@@H]4C=C(C)[C@@H](O)[C@H]5OC/C(=C\C=C\[C@@H]3C)[C@]54O)C[C@@H]2OC)C[C@@H]1OC. The Hall–Kier alpha value is -2.60. The number of carbonyl (C=O) groups is 2. The molecule has 0 unspecified atom stereocenters. The second-order valence-corrected chi connectivity index (χ2v) is 21.0. The Morgan fingerprint density at radius 1 is 0.912 bits per heavy atom. The molecule has 4 fully saturated rings. The smallest absolute Gasteiger partial charge is 0.316 e. The van der Waals surface area contributed by atoms with Crippen LogP contribution in [-0.4, -0.2) is 134 Å². The third-order valence-electron chi connectivity index (χ3n) is 16.0. The third-order valence-corrected chi connectivity index (χ3v) is 16.0. The fourth-order valence-electron chi connectivity index (χ4n) is 11.7. The van der Waals surface area contributed by atoms with Gasteiger partial charge in [0.25, 0.3) is 0 Å². The van der Waals surface area contributed by atoms with Crippen molar-refractivity contribution in [2.24, 2.45) is 29.6 Å². The Morgan fingerprint density at radius 3 is 2.35 bits per heavy atom. The quantitative estimate of drug-likeness (QED) is 0.136. The minimum Gasteiger partial charge on any atom is -0.462 e. The normalized spacial score (nSPS) is 45.8. The molecular weight excluding hydrogens is 873 g/mol. The van der Waals surface area contributed by atoms with Gasteiger partial charge in [-0.1, -0.05) is 83.9 Å². The number of unbranched alkanes of at least 4 members (excludes halogenated alkanes) is 1. The number of ether oxygens (including phenoxy) is 10. The maximum absolute atomic E-state index is 14.4. The number of Topliss-reactive ketones (excluding diaryl/α,β-unsaturated/α-hetero) is 1. The highest BCUT2D eigenvalue weighted by atomic mass is 16.7. The molecule has 20 atom stereocenters. The van der Waals surface area contributed by atoms with Crippen LogP contribution in [0, 0.1) is 29.6 Å². The topological polar surface area (TPSA) is 167 Å². The van der Waals surface area contributed by atoms with Crippen molar-refractivity contribution in [3.8, 4) is 0 Å². The lowest BCUT2D eigenvalue weighted by Crippen LogP contribution is -2.58. The first-order chi connectivity index (χ1) is 32.4. The van der Waals surface area contributed by atoms with Crippen molar-refractivity contribution in [2.75, 3.05) is 20.8 Å². The predicted molar refractivity (Wildman–Crippen MR) is 254 cm³/mol. The van der Waals surface area contributed by atoms with E-state index >= 15 is 0 Å². The highest BCUT2D eigenvalue weighted by Gasteiger charge is 2.60. The summed E-state index contributed by atoms with van der Waals surface area (Å²) in [5, 5.41) is 23.8. The molecule has 2 N–H and O–H groups in total. The lowest BCUT2D eigenvalue weighted by molar-refractivity contribution is -0.315. The van der Waals surface area contributed by atoms with E-state index in [1.54, 1.807) is 33.3 Å². The van der Waals surface area contributed by atoms with Crippen LogP contribution in [0.25, 0.3) is 0 Å². The van der Waals surface area contributed by atoms with Crippen molar-refractivity contribution in [2.45, 2.75) is 218 Å². The molecule has 68 heavy (non-hydrogen) atoms. The summed E-state index contributed by atoms with van der Waals surface area (Å²) in [6, 6.07) is 0. The Labute approximate surface area is 405 Å². The van der Waals surface area contributed by atoms with Crippen LogP contribution in [-0.2, 0) is 57.0 Å². The van der Waals surface area contributed by atoms with Crippen molar-refractivity contribution in [3.63, 3.8) is 0 Å². The van der Waals surface area contributed by atoms with Crippen molar-refractivity contribution in [3.05, 3.63) is 59.3 Å². The molecule has 0 aromatic carbocycles. The number of methoxy groups -OCH3 is 2. The molecule has 6 heterocycles. The van der Waals surface area contributed by atoms with Gasteiger partial charge in [-0.3, -0.25) is 9.59 Å². The van der Waals surface area contributed by atoms with Crippen LogP contribution in [0.3, 0.4) is 0 Å². The van der Waals surface area contributed by atoms with Crippen LogP contribution < -0.4 is 0 Å². The molecule has 0 radical (unpaired) electrons.